The predicted molar refractivity (Wildman–Crippen MR) is 97.4 cm³/mol. The van der Waals surface area contributed by atoms with E-state index in [-0.39, 0.29) is 17.8 Å². The minimum atomic E-state index is -1.56. The smallest absolute Gasteiger partial charge is 0.267 e. The molecule has 0 radical (unpaired) electrons. The van der Waals surface area contributed by atoms with E-state index >= 15 is 0 Å². The Hall–Kier alpha value is -3.75. The number of benzene rings is 2. The minimum Gasteiger partial charge on any atom is -0.339 e. The number of halogens is 3. The van der Waals surface area contributed by atoms with Crippen molar-refractivity contribution in [3.8, 4) is 22.6 Å². The first kappa shape index (κ1) is 18.6. The van der Waals surface area contributed by atoms with Crippen molar-refractivity contribution in [3.05, 3.63) is 87.8 Å². The fourth-order valence-corrected chi connectivity index (χ4v) is 2.82. The van der Waals surface area contributed by atoms with Gasteiger partial charge < -0.3 is 4.52 Å². The monoisotopic (exact) mass is 398 g/mol. The molecule has 0 fully saturated rings. The van der Waals surface area contributed by atoms with Crippen LogP contribution < -0.4 is 5.56 Å². The van der Waals surface area contributed by atoms with Gasteiger partial charge in [-0.1, -0.05) is 23.4 Å². The molecule has 2 aromatic heterocycles. The highest BCUT2D eigenvalue weighted by atomic mass is 19.2. The molecule has 2 heterocycles. The molecule has 0 N–H and O–H groups in total. The van der Waals surface area contributed by atoms with Crippen LogP contribution in [-0.4, -0.2) is 19.9 Å². The van der Waals surface area contributed by atoms with Gasteiger partial charge in [0.15, 0.2) is 17.5 Å². The van der Waals surface area contributed by atoms with Crippen LogP contribution in [0.15, 0.2) is 57.8 Å². The second-order valence-corrected chi connectivity index (χ2v) is 6.31. The molecule has 9 heteroatoms. The maximum absolute atomic E-state index is 13.5. The van der Waals surface area contributed by atoms with Gasteiger partial charge in [-0.15, -0.1) is 0 Å². The Morgan fingerprint density at radius 2 is 1.76 bits per heavy atom. The number of hydrogen-bond acceptors (Lipinski definition) is 5. The van der Waals surface area contributed by atoms with Crippen molar-refractivity contribution in [1.82, 2.24) is 19.9 Å². The van der Waals surface area contributed by atoms with Crippen LogP contribution in [0.4, 0.5) is 13.2 Å². The number of hydrogen-bond donors (Lipinski definition) is 0. The first-order valence-corrected chi connectivity index (χ1v) is 8.53. The van der Waals surface area contributed by atoms with Crippen LogP contribution in [0.25, 0.3) is 22.6 Å². The molecule has 4 rings (SSSR count). The highest BCUT2D eigenvalue weighted by molar-refractivity contribution is 5.58. The van der Waals surface area contributed by atoms with Crippen molar-refractivity contribution >= 4 is 0 Å². The third-order valence-corrected chi connectivity index (χ3v) is 4.19. The molecule has 6 nitrogen and oxygen atoms in total. The summed E-state index contributed by atoms with van der Waals surface area (Å²) in [6.45, 7) is 1.78. The summed E-state index contributed by atoms with van der Waals surface area (Å²) in [7, 11) is 0. The number of rotatable bonds is 4. The molecule has 29 heavy (non-hydrogen) atoms. The molecule has 0 bridgehead atoms. The van der Waals surface area contributed by atoms with Gasteiger partial charge in [-0.25, -0.2) is 17.9 Å². The van der Waals surface area contributed by atoms with Gasteiger partial charge in [0, 0.05) is 24.1 Å². The van der Waals surface area contributed by atoms with E-state index in [1.807, 2.05) is 0 Å². The Kier molecular flexibility index (Phi) is 4.71. The van der Waals surface area contributed by atoms with Crippen LogP contribution >= 0.6 is 0 Å². The largest absolute Gasteiger partial charge is 0.339 e. The van der Waals surface area contributed by atoms with Crippen LogP contribution in [0.5, 0.6) is 0 Å². The Bertz CT molecular complexity index is 1240. The van der Waals surface area contributed by atoms with Crippen molar-refractivity contribution in [1.29, 1.82) is 0 Å². The molecule has 0 aliphatic carbocycles. The zero-order valence-electron chi connectivity index (χ0n) is 15.1. The minimum absolute atomic E-state index is 0.0196. The van der Waals surface area contributed by atoms with Crippen molar-refractivity contribution in [3.63, 3.8) is 0 Å². The lowest BCUT2D eigenvalue weighted by Crippen LogP contribution is -2.22. The van der Waals surface area contributed by atoms with E-state index in [9.17, 15) is 18.0 Å². The number of nitrogens with zero attached hydrogens (tertiary/aromatic N) is 4. The van der Waals surface area contributed by atoms with Crippen molar-refractivity contribution in [2.24, 2.45) is 0 Å². The van der Waals surface area contributed by atoms with Crippen LogP contribution in [0.2, 0.25) is 0 Å². The van der Waals surface area contributed by atoms with Gasteiger partial charge in [0.05, 0.1) is 12.2 Å². The molecular weight excluding hydrogens is 385 g/mol. The first-order valence-electron chi connectivity index (χ1n) is 8.53. The van der Waals surface area contributed by atoms with Gasteiger partial charge in [-0.2, -0.15) is 10.1 Å². The van der Waals surface area contributed by atoms with E-state index in [0.717, 1.165) is 22.4 Å². The van der Waals surface area contributed by atoms with Gasteiger partial charge in [0.25, 0.3) is 5.56 Å². The Labute approximate surface area is 162 Å². The van der Waals surface area contributed by atoms with Crippen molar-refractivity contribution < 1.29 is 17.7 Å². The van der Waals surface area contributed by atoms with E-state index in [1.54, 1.807) is 31.2 Å². The predicted octanol–water partition coefficient (Wildman–Crippen LogP) is 3.73. The lowest BCUT2D eigenvalue weighted by Gasteiger charge is -2.09. The number of aryl methyl sites for hydroxylation is 1. The summed E-state index contributed by atoms with van der Waals surface area (Å²) in [6.07, 6.45) is 0. The molecule has 0 saturated heterocycles. The Balaban J connectivity index is 1.68. The third-order valence-electron chi connectivity index (χ3n) is 4.19. The first-order chi connectivity index (χ1) is 13.9. The fraction of sp³-hybridized carbons (Fsp3) is 0.100. The molecule has 0 aliphatic heterocycles. The van der Waals surface area contributed by atoms with Crippen molar-refractivity contribution in [2.45, 2.75) is 13.5 Å². The SMILES string of the molecule is Cc1nc(-c2cccc(Cn3nc(-c4cc(F)c(F)c(F)c4)ccc3=O)c2)no1. The van der Waals surface area contributed by atoms with Gasteiger partial charge in [0.1, 0.15) is 0 Å². The second-order valence-electron chi connectivity index (χ2n) is 6.31. The van der Waals surface area contributed by atoms with E-state index in [4.69, 9.17) is 4.52 Å². The van der Waals surface area contributed by atoms with Gasteiger partial charge in [-0.05, 0) is 29.8 Å². The van der Waals surface area contributed by atoms with E-state index in [1.165, 1.54) is 12.1 Å². The topological polar surface area (TPSA) is 73.8 Å². The third kappa shape index (κ3) is 3.79. The molecule has 4 aromatic rings. The molecule has 0 spiro atoms. The Morgan fingerprint density at radius 1 is 1.00 bits per heavy atom. The summed E-state index contributed by atoms with van der Waals surface area (Å²) in [5.74, 6) is -3.38. The van der Waals surface area contributed by atoms with Crippen LogP contribution in [0, 0.1) is 24.4 Å². The molecule has 0 unspecified atom stereocenters. The summed E-state index contributed by atoms with van der Waals surface area (Å²) in [6, 6.07) is 11.3. The summed E-state index contributed by atoms with van der Waals surface area (Å²) in [5, 5.41) is 8.01. The second kappa shape index (κ2) is 7.34. The fourth-order valence-electron chi connectivity index (χ4n) is 2.82. The van der Waals surface area contributed by atoms with E-state index in [2.05, 4.69) is 15.2 Å². The van der Waals surface area contributed by atoms with Gasteiger partial charge in [0.2, 0.25) is 11.7 Å². The molecule has 0 saturated carbocycles. The van der Waals surface area contributed by atoms with Gasteiger partial charge in [-0.3, -0.25) is 4.79 Å². The van der Waals surface area contributed by atoms with Gasteiger partial charge >= 0.3 is 0 Å². The average Bonchev–Trinajstić information content (AvgIpc) is 3.14. The molecule has 0 aliphatic rings. The van der Waals surface area contributed by atoms with E-state index in [0.29, 0.717) is 17.3 Å². The Morgan fingerprint density at radius 3 is 2.45 bits per heavy atom. The zero-order valence-corrected chi connectivity index (χ0v) is 15.1. The molecule has 146 valence electrons. The summed E-state index contributed by atoms with van der Waals surface area (Å²) in [4.78, 5) is 16.4. The average molecular weight is 398 g/mol. The summed E-state index contributed by atoms with van der Waals surface area (Å²) >= 11 is 0. The van der Waals surface area contributed by atoms with Crippen LogP contribution in [0.3, 0.4) is 0 Å². The summed E-state index contributed by atoms with van der Waals surface area (Å²) in [5.41, 5.74) is 1.18. The molecule has 0 atom stereocenters. The maximum atomic E-state index is 13.5. The summed E-state index contributed by atoms with van der Waals surface area (Å²) < 4.78 is 46.4. The molecular formula is C20H13F3N4O2. The lowest BCUT2D eigenvalue weighted by atomic mass is 10.1. The quantitative estimate of drug-likeness (QED) is 0.490. The highest BCUT2D eigenvalue weighted by Gasteiger charge is 2.14. The van der Waals surface area contributed by atoms with Crippen LogP contribution in [-0.2, 0) is 6.54 Å². The van der Waals surface area contributed by atoms with Crippen molar-refractivity contribution in [2.75, 3.05) is 0 Å². The van der Waals surface area contributed by atoms with E-state index < -0.39 is 23.0 Å². The normalized spacial score (nSPS) is 11.0. The maximum Gasteiger partial charge on any atom is 0.267 e. The number of aromatic nitrogens is 4. The molecule has 0 amide bonds. The highest BCUT2D eigenvalue weighted by Crippen LogP contribution is 2.22. The zero-order chi connectivity index (χ0) is 20.5. The lowest BCUT2D eigenvalue weighted by molar-refractivity contribution is 0.394. The standard InChI is InChI=1S/C20H13F3N4O2/c1-11-24-20(26-29-11)13-4-2-3-12(7-13)10-27-18(28)6-5-17(25-27)14-8-15(21)19(23)16(22)9-14/h2-9H,10H2,1H3. The van der Waals surface area contributed by atoms with Crippen LogP contribution in [0.1, 0.15) is 11.5 Å². The molecule has 2 aromatic carbocycles.